The van der Waals surface area contributed by atoms with Crippen LogP contribution in [-0.2, 0) is 9.59 Å². The first kappa shape index (κ1) is 11.7. The van der Waals surface area contributed by atoms with Crippen molar-refractivity contribution in [3.63, 3.8) is 0 Å². The van der Waals surface area contributed by atoms with Gasteiger partial charge in [0.1, 0.15) is 10.2 Å². The highest BCUT2D eigenvalue weighted by molar-refractivity contribution is 9.10. The summed E-state index contributed by atoms with van der Waals surface area (Å²) in [6.45, 7) is 3.65. The third-order valence-corrected chi connectivity index (χ3v) is 7.63. The highest BCUT2D eigenvalue weighted by Crippen LogP contribution is 2.60. The highest BCUT2D eigenvalue weighted by atomic mass is 79.9. The molecule has 7 heteroatoms. The van der Waals surface area contributed by atoms with Crippen molar-refractivity contribution in [1.82, 2.24) is 4.90 Å². The molecular formula is C8H9Br2NO3S. The van der Waals surface area contributed by atoms with E-state index >= 15 is 0 Å². The topological polar surface area (TPSA) is 57.6 Å². The number of carboxylic acid groups (broad SMARTS) is 1. The summed E-state index contributed by atoms with van der Waals surface area (Å²) in [6.07, 6.45) is 0. The second-order valence-corrected chi connectivity index (χ2v) is 7.93. The first-order valence-corrected chi connectivity index (χ1v) is 6.89. The van der Waals surface area contributed by atoms with E-state index in [9.17, 15) is 14.7 Å². The Bertz CT molecular complexity index is 362. The summed E-state index contributed by atoms with van der Waals surface area (Å²) in [5.74, 6) is -1.19. The van der Waals surface area contributed by atoms with Crippen molar-refractivity contribution in [3.8, 4) is 0 Å². The third-order valence-electron chi connectivity index (χ3n) is 2.81. The Hall–Kier alpha value is 0.250. The average molecular weight is 359 g/mol. The van der Waals surface area contributed by atoms with E-state index in [4.69, 9.17) is 0 Å². The fourth-order valence-corrected chi connectivity index (χ4v) is 5.04. The maximum absolute atomic E-state index is 11.6. The second-order valence-electron chi connectivity index (χ2n) is 4.06. The van der Waals surface area contributed by atoms with Crippen LogP contribution in [0.15, 0.2) is 0 Å². The number of carboxylic acids is 1. The van der Waals surface area contributed by atoms with Gasteiger partial charge in [0, 0.05) is 0 Å². The molecule has 0 aliphatic carbocycles. The van der Waals surface area contributed by atoms with Crippen LogP contribution in [0.2, 0.25) is 0 Å². The van der Waals surface area contributed by atoms with Crippen molar-refractivity contribution in [2.24, 2.45) is 0 Å². The van der Waals surface area contributed by atoms with E-state index in [1.54, 1.807) is 0 Å². The maximum Gasteiger partial charge on any atom is 0.342 e. The quantitative estimate of drug-likeness (QED) is 0.439. The first-order chi connectivity index (χ1) is 6.73. The van der Waals surface area contributed by atoms with E-state index in [1.165, 1.54) is 16.7 Å². The molecule has 0 aromatic heterocycles. The summed E-state index contributed by atoms with van der Waals surface area (Å²) < 4.78 is -1.85. The molecule has 0 aromatic carbocycles. The summed E-state index contributed by atoms with van der Waals surface area (Å²) >= 11 is 7.97. The zero-order valence-corrected chi connectivity index (χ0v) is 12.0. The number of carbonyl (C=O) groups is 2. The number of alkyl halides is 2. The predicted octanol–water partition coefficient (Wildman–Crippen LogP) is 1.62. The molecule has 0 aromatic rings. The third kappa shape index (κ3) is 1.20. The number of amides is 1. The van der Waals surface area contributed by atoms with Gasteiger partial charge in [-0.1, -0.05) is 15.9 Å². The number of hydrogen-bond acceptors (Lipinski definition) is 3. The Balaban J connectivity index is 2.46. The van der Waals surface area contributed by atoms with Crippen LogP contribution in [-0.4, -0.2) is 41.3 Å². The zero-order chi connectivity index (χ0) is 11.6. The van der Waals surface area contributed by atoms with Gasteiger partial charge in [-0.2, -0.15) is 0 Å². The fourth-order valence-electron chi connectivity index (χ4n) is 1.90. The summed E-state index contributed by atoms with van der Waals surface area (Å²) in [6, 6.07) is 0. The highest BCUT2D eigenvalue weighted by Gasteiger charge is 2.71. The molecule has 15 heavy (non-hydrogen) atoms. The Labute approximate surface area is 108 Å². The number of fused-ring (bicyclic) bond motifs is 1. The molecule has 1 amide bonds. The molecule has 0 spiro atoms. The van der Waals surface area contributed by atoms with Crippen LogP contribution in [0.5, 0.6) is 0 Å². The largest absolute Gasteiger partial charge is 0.479 e. The van der Waals surface area contributed by atoms with Gasteiger partial charge in [0.25, 0.3) is 0 Å². The molecule has 2 heterocycles. The van der Waals surface area contributed by atoms with E-state index < -0.39 is 15.2 Å². The van der Waals surface area contributed by atoms with Gasteiger partial charge in [-0.05, 0) is 29.8 Å². The van der Waals surface area contributed by atoms with E-state index in [0.29, 0.717) is 0 Å². The lowest BCUT2D eigenvalue weighted by atomic mass is 9.98. The van der Waals surface area contributed by atoms with Crippen molar-refractivity contribution < 1.29 is 14.7 Å². The number of rotatable bonds is 1. The van der Waals surface area contributed by atoms with Crippen LogP contribution < -0.4 is 0 Å². The lowest BCUT2D eigenvalue weighted by Crippen LogP contribution is -2.68. The van der Waals surface area contributed by atoms with Crippen LogP contribution in [0.3, 0.4) is 0 Å². The normalized spacial score (nSPS) is 42.4. The summed E-state index contributed by atoms with van der Waals surface area (Å²) in [7, 11) is 0. The first-order valence-electron chi connectivity index (χ1n) is 4.31. The number of hydrogen-bond donors (Lipinski definition) is 1. The molecule has 3 atom stereocenters. The van der Waals surface area contributed by atoms with Gasteiger partial charge in [0.15, 0.2) is 0 Å². The molecule has 2 aliphatic heterocycles. The summed E-state index contributed by atoms with van der Waals surface area (Å²) in [4.78, 5) is 24.1. The van der Waals surface area contributed by atoms with Crippen LogP contribution in [0.1, 0.15) is 13.8 Å². The zero-order valence-electron chi connectivity index (χ0n) is 8.03. The molecular weight excluding hydrogens is 350 g/mol. The molecule has 0 bridgehead atoms. The average Bonchev–Trinajstić information content (AvgIpc) is 2.33. The van der Waals surface area contributed by atoms with Gasteiger partial charge in [-0.25, -0.2) is 4.79 Å². The Morgan fingerprint density at radius 2 is 2.13 bits per heavy atom. The molecule has 0 unspecified atom stereocenters. The number of nitrogens with zero attached hydrogens (tertiary/aromatic N) is 1. The SMILES string of the molecule is CC1(C)S[C@@H]2[C@H](Br)C(=O)N2[C@@]1(Br)C(=O)O. The van der Waals surface area contributed by atoms with Gasteiger partial charge in [0.05, 0.1) is 4.75 Å². The van der Waals surface area contributed by atoms with Gasteiger partial charge < -0.3 is 10.0 Å². The molecule has 4 nitrogen and oxygen atoms in total. The smallest absolute Gasteiger partial charge is 0.342 e. The molecule has 2 saturated heterocycles. The number of carbonyl (C=O) groups excluding carboxylic acids is 1. The lowest BCUT2D eigenvalue weighted by Gasteiger charge is -2.45. The van der Waals surface area contributed by atoms with Gasteiger partial charge in [0.2, 0.25) is 10.4 Å². The second kappa shape index (κ2) is 3.13. The van der Waals surface area contributed by atoms with Crippen molar-refractivity contribution in [3.05, 3.63) is 0 Å². The minimum absolute atomic E-state index is 0.0945. The van der Waals surface area contributed by atoms with Crippen molar-refractivity contribution in [2.45, 2.75) is 33.2 Å². The van der Waals surface area contributed by atoms with Crippen LogP contribution in [0, 0.1) is 0 Å². The molecule has 2 rings (SSSR count). The van der Waals surface area contributed by atoms with Crippen LogP contribution >= 0.6 is 43.6 Å². The molecule has 0 saturated carbocycles. The van der Waals surface area contributed by atoms with E-state index in [2.05, 4.69) is 31.9 Å². The summed E-state index contributed by atoms with van der Waals surface area (Å²) in [5.41, 5.74) is 0. The maximum atomic E-state index is 11.6. The number of β-lactam (4-membered cyclic amide) rings is 1. The lowest BCUT2D eigenvalue weighted by molar-refractivity contribution is -0.158. The standard InChI is InChI=1S/C8H9Br2NO3S/c1-7(2)8(10,6(13)14)11-4(12)3(9)5(11)15-7/h3,5H,1-2H3,(H,13,14)/t3-,5-,8+/m1/s1. The van der Waals surface area contributed by atoms with Gasteiger partial charge in [-0.3, -0.25) is 4.79 Å². The predicted molar refractivity (Wildman–Crippen MR) is 64.3 cm³/mol. The fraction of sp³-hybridized carbons (Fsp3) is 0.750. The van der Waals surface area contributed by atoms with Crippen LogP contribution in [0.25, 0.3) is 0 Å². The van der Waals surface area contributed by atoms with Crippen LogP contribution in [0.4, 0.5) is 0 Å². The minimum atomic E-state index is -1.29. The van der Waals surface area contributed by atoms with E-state index in [-0.39, 0.29) is 16.1 Å². The number of thioether (sulfide) groups is 1. The molecule has 0 radical (unpaired) electrons. The molecule has 84 valence electrons. The van der Waals surface area contributed by atoms with Crippen molar-refractivity contribution in [2.75, 3.05) is 0 Å². The Morgan fingerprint density at radius 3 is 2.60 bits per heavy atom. The van der Waals surface area contributed by atoms with E-state index in [1.807, 2.05) is 13.8 Å². The van der Waals surface area contributed by atoms with Crippen molar-refractivity contribution >= 4 is 55.5 Å². The summed E-state index contributed by atoms with van der Waals surface area (Å²) in [5, 5.41) is 9.17. The van der Waals surface area contributed by atoms with E-state index in [0.717, 1.165) is 0 Å². The van der Waals surface area contributed by atoms with Gasteiger partial charge >= 0.3 is 5.97 Å². The molecule has 2 fully saturated rings. The Kier molecular flexibility index (Phi) is 2.45. The number of halogens is 2. The Morgan fingerprint density at radius 1 is 1.60 bits per heavy atom. The molecule has 2 aliphatic rings. The monoisotopic (exact) mass is 357 g/mol. The molecule has 1 N–H and O–H groups in total. The van der Waals surface area contributed by atoms with Gasteiger partial charge in [-0.15, -0.1) is 11.8 Å². The minimum Gasteiger partial charge on any atom is -0.479 e. The van der Waals surface area contributed by atoms with Crippen molar-refractivity contribution in [1.29, 1.82) is 0 Å². The number of aliphatic carboxylic acids is 1.